The molecule has 2 rings (SSSR count). The first-order valence-electron chi connectivity index (χ1n) is 5.07. The van der Waals surface area contributed by atoms with Crippen molar-refractivity contribution in [2.75, 3.05) is 7.11 Å². The van der Waals surface area contributed by atoms with Gasteiger partial charge in [-0.1, -0.05) is 0 Å². The number of ether oxygens (including phenoxy) is 2. The van der Waals surface area contributed by atoms with Gasteiger partial charge < -0.3 is 14.6 Å². The number of nitrogens with zero attached hydrogens (tertiary/aromatic N) is 2. The first kappa shape index (κ1) is 11.8. The second kappa shape index (κ2) is 5.13. The molecule has 1 aromatic heterocycles. The molecule has 1 N–H and O–H groups in total. The molecular weight excluding hydrogens is 236 g/mol. The Bertz CT molecular complexity index is 557. The first-order valence-corrected chi connectivity index (χ1v) is 5.07. The summed E-state index contributed by atoms with van der Waals surface area (Å²) in [6.45, 7) is 0. The summed E-state index contributed by atoms with van der Waals surface area (Å²) in [5, 5.41) is 16.3. The summed E-state index contributed by atoms with van der Waals surface area (Å²) in [4.78, 5) is 10.8. The van der Waals surface area contributed by atoms with Gasteiger partial charge >= 0.3 is 5.97 Å². The molecule has 0 aliphatic heterocycles. The molecule has 18 heavy (non-hydrogen) atoms. The number of hydrogen-bond donors (Lipinski definition) is 1. The van der Waals surface area contributed by atoms with Crippen LogP contribution in [0.5, 0.6) is 17.4 Å². The van der Waals surface area contributed by atoms with E-state index >= 15 is 0 Å². The predicted octanol–water partition coefficient (Wildman–Crippen LogP) is 1.98. The standard InChI is InChI=1S/C12H10N2O4/c1-17-10-7-8(12(15)16)4-5-9(10)18-11-3-2-6-13-14-11/h2-7H,1H3,(H,15,16). The molecule has 0 unspecified atom stereocenters. The van der Waals surface area contributed by atoms with Crippen LogP contribution < -0.4 is 9.47 Å². The fraction of sp³-hybridized carbons (Fsp3) is 0.0833. The molecule has 6 heteroatoms. The fourth-order valence-corrected chi connectivity index (χ4v) is 1.34. The molecule has 0 atom stereocenters. The zero-order chi connectivity index (χ0) is 13.0. The third-order valence-corrected chi connectivity index (χ3v) is 2.17. The summed E-state index contributed by atoms with van der Waals surface area (Å²) in [6, 6.07) is 7.64. The van der Waals surface area contributed by atoms with E-state index in [0.29, 0.717) is 17.4 Å². The maximum atomic E-state index is 10.8. The molecule has 0 spiro atoms. The highest BCUT2D eigenvalue weighted by Crippen LogP contribution is 2.31. The van der Waals surface area contributed by atoms with E-state index < -0.39 is 5.97 Å². The van der Waals surface area contributed by atoms with E-state index in [1.165, 1.54) is 31.5 Å². The van der Waals surface area contributed by atoms with Crippen molar-refractivity contribution >= 4 is 5.97 Å². The van der Waals surface area contributed by atoms with E-state index in [-0.39, 0.29) is 5.56 Å². The van der Waals surface area contributed by atoms with Crippen LogP contribution in [-0.4, -0.2) is 28.4 Å². The third kappa shape index (κ3) is 2.54. The summed E-state index contributed by atoms with van der Waals surface area (Å²) in [6.07, 6.45) is 1.53. The van der Waals surface area contributed by atoms with Crippen LogP contribution in [0.15, 0.2) is 36.5 Å². The molecule has 0 saturated heterocycles. The van der Waals surface area contributed by atoms with Crippen LogP contribution >= 0.6 is 0 Å². The highest BCUT2D eigenvalue weighted by atomic mass is 16.5. The Morgan fingerprint density at radius 3 is 2.72 bits per heavy atom. The number of carboxylic acids is 1. The Kier molecular flexibility index (Phi) is 3.38. The van der Waals surface area contributed by atoms with Crippen molar-refractivity contribution < 1.29 is 19.4 Å². The lowest BCUT2D eigenvalue weighted by Gasteiger charge is -2.09. The Balaban J connectivity index is 2.31. The minimum Gasteiger partial charge on any atom is -0.493 e. The number of carboxylic acid groups (broad SMARTS) is 1. The van der Waals surface area contributed by atoms with Crippen LogP contribution in [-0.2, 0) is 0 Å². The lowest BCUT2D eigenvalue weighted by atomic mass is 10.2. The maximum absolute atomic E-state index is 10.8. The number of rotatable bonds is 4. The summed E-state index contributed by atoms with van der Waals surface area (Å²) in [7, 11) is 1.44. The number of aromatic nitrogens is 2. The molecule has 0 radical (unpaired) electrons. The quantitative estimate of drug-likeness (QED) is 0.888. The maximum Gasteiger partial charge on any atom is 0.335 e. The SMILES string of the molecule is COc1cc(C(=O)O)ccc1Oc1cccnn1. The Labute approximate surface area is 103 Å². The van der Waals surface area contributed by atoms with Gasteiger partial charge in [0.15, 0.2) is 11.5 Å². The van der Waals surface area contributed by atoms with Crippen LogP contribution in [0, 0.1) is 0 Å². The zero-order valence-electron chi connectivity index (χ0n) is 9.53. The minimum absolute atomic E-state index is 0.123. The lowest BCUT2D eigenvalue weighted by molar-refractivity contribution is 0.0696. The molecule has 2 aromatic rings. The normalized spacial score (nSPS) is 9.83. The minimum atomic E-state index is -1.03. The summed E-state index contributed by atoms with van der Waals surface area (Å²) in [5.41, 5.74) is 0.123. The van der Waals surface area contributed by atoms with E-state index in [2.05, 4.69) is 10.2 Å². The smallest absolute Gasteiger partial charge is 0.335 e. The second-order valence-electron chi connectivity index (χ2n) is 3.33. The molecule has 6 nitrogen and oxygen atoms in total. The van der Waals surface area contributed by atoms with Gasteiger partial charge in [0.05, 0.1) is 12.7 Å². The molecule has 0 amide bonds. The molecule has 92 valence electrons. The van der Waals surface area contributed by atoms with Crippen molar-refractivity contribution in [3.63, 3.8) is 0 Å². The van der Waals surface area contributed by atoms with Crippen molar-refractivity contribution in [1.29, 1.82) is 0 Å². The van der Waals surface area contributed by atoms with Gasteiger partial charge in [-0.25, -0.2) is 4.79 Å². The predicted molar refractivity (Wildman–Crippen MR) is 62.1 cm³/mol. The van der Waals surface area contributed by atoms with Crippen molar-refractivity contribution in [2.45, 2.75) is 0 Å². The van der Waals surface area contributed by atoms with Gasteiger partial charge in [0.25, 0.3) is 0 Å². The number of hydrogen-bond acceptors (Lipinski definition) is 5. The number of aromatic carboxylic acids is 1. The first-order chi connectivity index (χ1) is 8.70. The van der Waals surface area contributed by atoms with Gasteiger partial charge in [0.2, 0.25) is 5.88 Å². The van der Waals surface area contributed by atoms with Crippen molar-refractivity contribution in [3.05, 3.63) is 42.1 Å². The van der Waals surface area contributed by atoms with Gasteiger partial charge in [-0.2, -0.15) is 5.10 Å². The van der Waals surface area contributed by atoms with Gasteiger partial charge in [0, 0.05) is 12.3 Å². The van der Waals surface area contributed by atoms with E-state index in [4.69, 9.17) is 14.6 Å². The Hall–Kier alpha value is -2.63. The molecule has 1 aromatic carbocycles. The molecule has 0 bridgehead atoms. The summed E-state index contributed by atoms with van der Waals surface area (Å²) in [5.74, 6) is -0.0261. The van der Waals surface area contributed by atoms with Crippen molar-refractivity contribution in [1.82, 2.24) is 10.2 Å². The van der Waals surface area contributed by atoms with Gasteiger partial charge in [-0.3, -0.25) is 0 Å². The van der Waals surface area contributed by atoms with E-state index in [1.807, 2.05) is 0 Å². The van der Waals surface area contributed by atoms with E-state index in [1.54, 1.807) is 12.1 Å². The average molecular weight is 246 g/mol. The average Bonchev–Trinajstić information content (AvgIpc) is 2.40. The molecule has 1 heterocycles. The summed E-state index contributed by atoms with van der Waals surface area (Å²) < 4.78 is 10.5. The van der Waals surface area contributed by atoms with Crippen molar-refractivity contribution in [2.24, 2.45) is 0 Å². The monoisotopic (exact) mass is 246 g/mol. The summed E-state index contributed by atoms with van der Waals surface area (Å²) >= 11 is 0. The number of carbonyl (C=O) groups is 1. The number of benzene rings is 1. The van der Waals surface area contributed by atoms with Crippen molar-refractivity contribution in [3.8, 4) is 17.4 Å². The Morgan fingerprint density at radius 2 is 2.11 bits per heavy atom. The number of methoxy groups -OCH3 is 1. The van der Waals surface area contributed by atoms with Crippen LogP contribution in [0.25, 0.3) is 0 Å². The molecule has 0 aliphatic rings. The van der Waals surface area contributed by atoms with Gasteiger partial charge in [-0.15, -0.1) is 5.10 Å². The lowest BCUT2D eigenvalue weighted by Crippen LogP contribution is -1.98. The fourth-order valence-electron chi connectivity index (χ4n) is 1.34. The van der Waals surface area contributed by atoms with E-state index in [9.17, 15) is 4.79 Å². The van der Waals surface area contributed by atoms with Crippen LogP contribution in [0.4, 0.5) is 0 Å². The molecular formula is C12H10N2O4. The largest absolute Gasteiger partial charge is 0.493 e. The van der Waals surface area contributed by atoms with Crippen LogP contribution in [0.3, 0.4) is 0 Å². The zero-order valence-corrected chi connectivity index (χ0v) is 9.53. The molecule has 0 saturated carbocycles. The molecule has 0 aliphatic carbocycles. The highest BCUT2D eigenvalue weighted by Gasteiger charge is 2.11. The second-order valence-corrected chi connectivity index (χ2v) is 3.33. The highest BCUT2D eigenvalue weighted by molar-refractivity contribution is 5.88. The Morgan fingerprint density at radius 1 is 1.28 bits per heavy atom. The van der Waals surface area contributed by atoms with Gasteiger partial charge in [0.1, 0.15) is 0 Å². The third-order valence-electron chi connectivity index (χ3n) is 2.17. The van der Waals surface area contributed by atoms with E-state index in [0.717, 1.165) is 0 Å². The topological polar surface area (TPSA) is 81.5 Å². The molecule has 0 fully saturated rings. The van der Waals surface area contributed by atoms with Crippen LogP contribution in [0.2, 0.25) is 0 Å². The van der Waals surface area contributed by atoms with Crippen LogP contribution in [0.1, 0.15) is 10.4 Å². The van der Waals surface area contributed by atoms with Gasteiger partial charge in [-0.05, 0) is 24.3 Å².